The predicted molar refractivity (Wildman–Crippen MR) is 105 cm³/mol. The molecule has 0 saturated heterocycles. The maximum atomic E-state index is 5.66. The van der Waals surface area contributed by atoms with Gasteiger partial charge in [0.05, 0.1) is 16.1 Å². The lowest BCUT2D eigenvalue weighted by Gasteiger charge is -2.14. The van der Waals surface area contributed by atoms with Crippen LogP contribution in [-0.2, 0) is 5.41 Å². The molecule has 0 amide bonds. The Morgan fingerprint density at radius 3 is 2.81 bits per heavy atom. The highest BCUT2D eigenvalue weighted by Crippen LogP contribution is 2.57. The number of hydrogen-bond donors (Lipinski definition) is 0. The lowest BCUT2D eigenvalue weighted by molar-refractivity contribution is 0.231. The molecule has 0 bridgehead atoms. The van der Waals surface area contributed by atoms with E-state index in [1.54, 1.807) is 6.20 Å². The van der Waals surface area contributed by atoms with Crippen LogP contribution >= 0.6 is 15.9 Å². The van der Waals surface area contributed by atoms with Gasteiger partial charge in [0, 0.05) is 23.8 Å². The topological polar surface area (TPSA) is 64.3 Å². The first-order chi connectivity index (χ1) is 13.1. The normalized spacial score (nSPS) is 16.8. The van der Waals surface area contributed by atoms with Crippen molar-refractivity contribution in [3.8, 4) is 17.3 Å². The molecule has 1 aliphatic heterocycles. The number of aromatic nitrogens is 3. The monoisotopic (exact) mass is 426 g/mol. The van der Waals surface area contributed by atoms with Crippen LogP contribution < -0.4 is 9.64 Å². The average molecular weight is 427 g/mol. The summed E-state index contributed by atoms with van der Waals surface area (Å²) in [5, 5.41) is 4.23. The molecular weight excluding hydrogens is 408 g/mol. The van der Waals surface area contributed by atoms with E-state index in [0.717, 1.165) is 16.6 Å². The van der Waals surface area contributed by atoms with Gasteiger partial charge in [0.15, 0.2) is 0 Å². The summed E-state index contributed by atoms with van der Waals surface area (Å²) in [6.45, 7) is 4.84. The molecule has 5 rings (SSSR count). The number of para-hydroxylation sites is 1. The van der Waals surface area contributed by atoms with Crippen LogP contribution in [0.5, 0.6) is 5.88 Å². The van der Waals surface area contributed by atoms with E-state index in [4.69, 9.17) is 9.26 Å². The number of pyridine rings is 1. The van der Waals surface area contributed by atoms with Crippen LogP contribution in [0.1, 0.15) is 32.3 Å². The predicted octanol–water partition coefficient (Wildman–Crippen LogP) is 4.86. The third kappa shape index (κ3) is 2.81. The standard InChI is InChI=1S/C20H19BrN4O2/c1-12(2)26-18-15(21)9-13(10-22-18)17-23-19(24-27-17)25-11-20(7-8-20)14-5-3-4-6-16(14)25/h3-6,9-10,12H,7-8,11H2,1-2H3. The third-order valence-electron chi connectivity index (χ3n) is 5.14. The van der Waals surface area contributed by atoms with E-state index in [2.05, 4.69) is 60.2 Å². The van der Waals surface area contributed by atoms with E-state index in [9.17, 15) is 0 Å². The van der Waals surface area contributed by atoms with Crippen molar-refractivity contribution in [1.29, 1.82) is 0 Å². The Balaban J connectivity index is 1.45. The number of benzene rings is 1. The van der Waals surface area contributed by atoms with Gasteiger partial charge in [-0.3, -0.25) is 0 Å². The summed E-state index contributed by atoms with van der Waals surface area (Å²) in [7, 11) is 0. The van der Waals surface area contributed by atoms with Crippen molar-refractivity contribution in [2.24, 2.45) is 0 Å². The van der Waals surface area contributed by atoms with Crippen molar-refractivity contribution in [3.05, 3.63) is 46.6 Å². The zero-order valence-electron chi connectivity index (χ0n) is 15.1. The molecule has 0 unspecified atom stereocenters. The van der Waals surface area contributed by atoms with Crippen LogP contribution in [0.15, 0.2) is 45.5 Å². The molecule has 1 spiro atoms. The van der Waals surface area contributed by atoms with Crippen LogP contribution in [0.25, 0.3) is 11.5 Å². The Hall–Kier alpha value is -2.41. The minimum Gasteiger partial charge on any atom is -0.474 e. The summed E-state index contributed by atoms with van der Waals surface area (Å²) in [5.74, 6) is 1.60. The minimum absolute atomic E-state index is 0.0552. The van der Waals surface area contributed by atoms with Crippen LogP contribution in [0.3, 0.4) is 0 Å². The highest BCUT2D eigenvalue weighted by atomic mass is 79.9. The summed E-state index contributed by atoms with van der Waals surface area (Å²) in [5.41, 5.74) is 3.61. The SMILES string of the molecule is CC(C)Oc1ncc(-c2nc(N3CC4(CC4)c4ccccc43)no2)cc1Br. The molecule has 6 nitrogen and oxygen atoms in total. The van der Waals surface area contributed by atoms with Crippen molar-refractivity contribution >= 4 is 27.6 Å². The Bertz CT molecular complexity index is 1010. The minimum atomic E-state index is 0.0552. The van der Waals surface area contributed by atoms with Crippen molar-refractivity contribution in [1.82, 2.24) is 15.1 Å². The van der Waals surface area contributed by atoms with Crippen molar-refractivity contribution in [3.63, 3.8) is 0 Å². The molecule has 2 aromatic heterocycles. The number of ether oxygens (including phenoxy) is 1. The molecule has 1 fully saturated rings. The van der Waals surface area contributed by atoms with E-state index >= 15 is 0 Å². The lowest BCUT2D eigenvalue weighted by Crippen LogP contribution is -2.20. The zero-order valence-corrected chi connectivity index (χ0v) is 16.7. The first kappa shape index (κ1) is 16.7. The Morgan fingerprint density at radius 2 is 2.07 bits per heavy atom. The summed E-state index contributed by atoms with van der Waals surface area (Å²) in [6.07, 6.45) is 4.19. The van der Waals surface area contributed by atoms with Gasteiger partial charge in [-0.1, -0.05) is 18.2 Å². The molecular formula is C20H19BrN4O2. The Labute approximate surface area is 165 Å². The number of nitrogens with zero attached hydrogens (tertiary/aromatic N) is 4. The molecule has 2 aliphatic rings. The summed E-state index contributed by atoms with van der Waals surface area (Å²) >= 11 is 3.50. The summed E-state index contributed by atoms with van der Waals surface area (Å²) < 4.78 is 12.0. The molecule has 7 heteroatoms. The number of rotatable bonds is 4. The smallest absolute Gasteiger partial charge is 0.270 e. The van der Waals surface area contributed by atoms with E-state index in [1.807, 2.05) is 19.9 Å². The van der Waals surface area contributed by atoms with Crippen molar-refractivity contribution in [2.75, 3.05) is 11.4 Å². The van der Waals surface area contributed by atoms with Gasteiger partial charge in [0.2, 0.25) is 5.88 Å². The average Bonchev–Trinajstić information content (AvgIpc) is 3.13. The van der Waals surface area contributed by atoms with Crippen molar-refractivity contribution < 1.29 is 9.26 Å². The van der Waals surface area contributed by atoms with E-state index in [1.165, 1.54) is 24.1 Å². The Morgan fingerprint density at radius 1 is 1.26 bits per heavy atom. The van der Waals surface area contributed by atoms with E-state index < -0.39 is 0 Å². The molecule has 1 saturated carbocycles. The number of halogens is 1. The van der Waals surface area contributed by atoms with Gasteiger partial charge in [-0.25, -0.2) is 4.98 Å². The molecule has 0 N–H and O–H groups in total. The number of fused-ring (bicyclic) bond motifs is 2. The summed E-state index contributed by atoms with van der Waals surface area (Å²) in [6, 6.07) is 10.4. The van der Waals surface area contributed by atoms with Gasteiger partial charge in [-0.2, -0.15) is 4.98 Å². The van der Waals surface area contributed by atoms with Gasteiger partial charge in [0.1, 0.15) is 0 Å². The second-order valence-corrected chi connectivity index (χ2v) is 8.32. The lowest BCUT2D eigenvalue weighted by atomic mass is 9.99. The van der Waals surface area contributed by atoms with Crippen LogP contribution in [0.2, 0.25) is 0 Å². The molecule has 1 aliphatic carbocycles. The second-order valence-electron chi connectivity index (χ2n) is 7.46. The zero-order chi connectivity index (χ0) is 18.6. The number of anilines is 2. The van der Waals surface area contributed by atoms with Gasteiger partial charge in [-0.15, -0.1) is 0 Å². The second kappa shape index (κ2) is 6.05. The highest BCUT2D eigenvalue weighted by molar-refractivity contribution is 9.10. The van der Waals surface area contributed by atoms with Gasteiger partial charge < -0.3 is 14.2 Å². The van der Waals surface area contributed by atoms with E-state index in [0.29, 0.717) is 17.7 Å². The molecule has 0 radical (unpaired) electrons. The highest BCUT2D eigenvalue weighted by Gasteiger charge is 2.52. The first-order valence-electron chi connectivity index (χ1n) is 9.09. The van der Waals surface area contributed by atoms with Crippen LogP contribution in [0.4, 0.5) is 11.6 Å². The largest absolute Gasteiger partial charge is 0.474 e. The van der Waals surface area contributed by atoms with Crippen LogP contribution in [-0.4, -0.2) is 27.8 Å². The fourth-order valence-electron chi connectivity index (χ4n) is 3.68. The van der Waals surface area contributed by atoms with Gasteiger partial charge >= 0.3 is 0 Å². The molecule has 27 heavy (non-hydrogen) atoms. The molecule has 3 heterocycles. The molecule has 3 aromatic rings. The van der Waals surface area contributed by atoms with E-state index in [-0.39, 0.29) is 11.5 Å². The van der Waals surface area contributed by atoms with Gasteiger partial charge in [-0.05, 0) is 65.5 Å². The maximum absolute atomic E-state index is 5.66. The summed E-state index contributed by atoms with van der Waals surface area (Å²) in [4.78, 5) is 11.2. The third-order valence-corrected chi connectivity index (χ3v) is 5.71. The molecule has 1 aromatic carbocycles. The molecule has 138 valence electrons. The quantitative estimate of drug-likeness (QED) is 0.592. The van der Waals surface area contributed by atoms with Crippen molar-refractivity contribution in [2.45, 2.75) is 38.2 Å². The number of hydrogen-bond acceptors (Lipinski definition) is 6. The van der Waals surface area contributed by atoms with Gasteiger partial charge in [0.25, 0.3) is 11.8 Å². The Kier molecular flexibility index (Phi) is 3.75. The fraction of sp³-hybridized carbons (Fsp3) is 0.350. The maximum Gasteiger partial charge on any atom is 0.270 e. The van der Waals surface area contributed by atoms with Crippen LogP contribution in [0, 0.1) is 0 Å². The fourth-order valence-corrected chi connectivity index (χ4v) is 4.12. The molecule has 0 atom stereocenters. The first-order valence-corrected chi connectivity index (χ1v) is 9.88.